The van der Waals surface area contributed by atoms with E-state index in [1.165, 1.54) is 17.8 Å². The lowest BCUT2D eigenvalue weighted by Crippen LogP contribution is -2.36. The number of hydrogen-bond acceptors (Lipinski definition) is 5. The topological polar surface area (TPSA) is 76.1 Å². The molecule has 3 heterocycles. The minimum Gasteiger partial charge on any atom is -0.375 e. The van der Waals surface area contributed by atoms with Crippen LogP contribution in [0.2, 0.25) is 0 Å². The highest BCUT2D eigenvalue weighted by molar-refractivity contribution is 7.13. The third-order valence-corrected chi connectivity index (χ3v) is 3.94. The number of carbonyl (C=O) groups is 1. The van der Waals surface area contributed by atoms with E-state index in [1.54, 1.807) is 5.51 Å². The Morgan fingerprint density at radius 1 is 1.59 bits per heavy atom. The molecular weight excluding hydrogens is 240 g/mol. The molecule has 2 aliphatic rings. The van der Waals surface area contributed by atoms with E-state index in [0.29, 0.717) is 29.8 Å². The van der Waals surface area contributed by atoms with Gasteiger partial charge in [-0.25, -0.2) is 4.79 Å². The standard InChI is InChI=1S/C10H14N4O2S/c15-9(13-10-14-12-5-17-10)11-4-6-3-7-1-2-8(6)16-7/h5-8H,1-4H2,(H2,11,13,14,15)/t6-,7+,8-/m0/s1. The number of amides is 2. The Morgan fingerprint density at radius 3 is 3.18 bits per heavy atom. The monoisotopic (exact) mass is 254 g/mol. The molecule has 17 heavy (non-hydrogen) atoms. The van der Waals surface area contributed by atoms with Crippen LogP contribution in [0.3, 0.4) is 0 Å². The highest BCUT2D eigenvalue weighted by Crippen LogP contribution is 2.38. The van der Waals surface area contributed by atoms with Crippen LogP contribution in [0.25, 0.3) is 0 Å². The summed E-state index contributed by atoms with van der Waals surface area (Å²) in [6.45, 7) is 0.672. The van der Waals surface area contributed by atoms with Gasteiger partial charge in [0.1, 0.15) is 5.51 Å². The third-order valence-electron chi connectivity index (χ3n) is 3.34. The Kier molecular flexibility index (Phi) is 2.94. The van der Waals surface area contributed by atoms with Crippen LogP contribution in [0.4, 0.5) is 9.93 Å². The molecule has 0 aromatic carbocycles. The molecule has 2 N–H and O–H groups in total. The van der Waals surface area contributed by atoms with E-state index < -0.39 is 0 Å². The number of aromatic nitrogens is 2. The second-order valence-corrected chi connectivity index (χ2v) is 5.28. The van der Waals surface area contributed by atoms with Crippen molar-refractivity contribution in [2.45, 2.75) is 31.5 Å². The second kappa shape index (κ2) is 4.58. The third kappa shape index (κ3) is 2.39. The number of rotatable bonds is 3. The predicted molar refractivity (Wildman–Crippen MR) is 62.9 cm³/mol. The summed E-state index contributed by atoms with van der Waals surface area (Å²) in [5, 5.41) is 13.4. The Balaban J connectivity index is 1.44. The fraction of sp³-hybridized carbons (Fsp3) is 0.700. The largest absolute Gasteiger partial charge is 0.375 e. The van der Waals surface area contributed by atoms with Gasteiger partial charge in [-0.3, -0.25) is 5.32 Å². The summed E-state index contributed by atoms with van der Waals surface area (Å²) in [6, 6.07) is -0.218. The summed E-state index contributed by atoms with van der Waals surface area (Å²) in [6.07, 6.45) is 4.16. The van der Waals surface area contributed by atoms with Crippen molar-refractivity contribution in [2.24, 2.45) is 5.92 Å². The number of fused-ring (bicyclic) bond motifs is 2. The van der Waals surface area contributed by atoms with Crippen LogP contribution in [0.15, 0.2) is 5.51 Å². The summed E-state index contributed by atoms with van der Waals surface area (Å²) in [5.74, 6) is 0.467. The van der Waals surface area contributed by atoms with Crippen molar-refractivity contribution >= 4 is 22.5 Å². The fourth-order valence-electron chi connectivity index (χ4n) is 2.55. The fourth-order valence-corrected chi connectivity index (χ4v) is 2.99. The molecule has 1 aromatic heterocycles. The quantitative estimate of drug-likeness (QED) is 0.850. The minimum atomic E-state index is -0.218. The first-order valence-corrected chi connectivity index (χ1v) is 6.65. The first-order chi connectivity index (χ1) is 8.31. The number of carbonyl (C=O) groups excluding carboxylic acids is 1. The Bertz CT molecular complexity index is 397. The van der Waals surface area contributed by atoms with Crippen molar-refractivity contribution in [1.82, 2.24) is 15.5 Å². The van der Waals surface area contributed by atoms with Crippen LogP contribution in [0.5, 0.6) is 0 Å². The lowest BCUT2D eigenvalue weighted by atomic mass is 9.89. The van der Waals surface area contributed by atoms with Gasteiger partial charge in [-0.1, -0.05) is 11.3 Å². The van der Waals surface area contributed by atoms with Crippen molar-refractivity contribution < 1.29 is 9.53 Å². The van der Waals surface area contributed by atoms with Crippen LogP contribution in [-0.4, -0.2) is 35.0 Å². The highest BCUT2D eigenvalue weighted by Gasteiger charge is 2.40. The van der Waals surface area contributed by atoms with Gasteiger partial charge in [0.05, 0.1) is 12.2 Å². The molecule has 2 bridgehead atoms. The Labute approximate surface area is 103 Å². The van der Waals surface area contributed by atoms with Gasteiger partial charge in [0, 0.05) is 12.5 Å². The van der Waals surface area contributed by atoms with Crippen LogP contribution in [-0.2, 0) is 4.74 Å². The molecule has 6 nitrogen and oxygen atoms in total. The molecule has 0 aliphatic carbocycles. The molecule has 92 valence electrons. The number of nitrogens with one attached hydrogen (secondary N) is 2. The molecule has 0 unspecified atom stereocenters. The normalized spacial score (nSPS) is 30.5. The van der Waals surface area contributed by atoms with Crippen molar-refractivity contribution in [2.75, 3.05) is 11.9 Å². The lowest BCUT2D eigenvalue weighted by molar-refractivity contribution is 0.0928. The predicted octanol–water partition coefficient (Wildman–Crippen LogP) is 1.23. The van der Waals surface area contributed by atoms with Gasteiger partial charge < -0.3 is 10.1 Å². The SMILES string of the molecule is O=C(NC[C@@H]1C[C@H]2CC[C@@H]1O2)Nc1nncs1. The summed E-state index contributed by atoms with van der Waals surface area (Å²) in [7, 11) is 0. The van der Waals surface area contributed by atoms with E-state index in [9.17, 15) is 4.79 Å². The number of anilines is 1. The maximum atomic E-state index is 11.5. The van der Waals surface area contributed by atoms with E-state index in [-0.39, 0.29) is 6.03 Å². The van der Waals surface area contributed by atoms with E-state index >= 15 is 0 Å². The maximum Gasteiger partial charge on any atom is 0.321 e. The summed E-state index contributed by atoms with van der Waals surface area (Å²) < 4.78 is 5.73. The first kappa shape index (κ1) is 10.9. The molecule has 1 aromatic rings. The summed E-state index contributed by atoms with van der Waals surface area (Å²) in [4.78, 5) is 11.5. The van der Waals surface area contributed by atoms with Gasteiger partial charge in [-0.05, 0) is 19.3 Å². The Morgan fingerprint density at radius 2 is 2.53 bits per heavy atom. The van der Waals surface area contributed by atoms with Gasteiger partial charge in [-0.15, -0.1) is 10.2 Å². The van der Waals surface area contributed by atoms with Crippen molar-refractivity contribution in [3.8, 4) is 0 Å². The summed E-state index contributed by atoms with van der Waals surface area (Å²) in [5.41, 5.74) is 1.58. The van der Waals surface area contributed by atoms with Gasteiger partial charge in [0.15, 0.2) is 0 Å². The molecule has 0 spiro atoms. The highest BCUT2D eigenvalue weighted by atomic mass is 32.1. The Hall–Kier alpha value is -1.21. The van der Waals surface area contributed by atoms with Crippen molar-refractivity contribution in [3.63, 3.8) is 0 Å². The first-order valence-electron chi connectivity index (χ1n) is 5.78. The molecule has 7 heteroatoms. The molecule has 2 saturated heterocycles. The molecular formula is C10H14N4O2S. The molecule has 2 aliphatic heterocycles. The van der Waals surface area contributed by atoms with Crippen LogP contribution >= 0.6 is 11.3 Å². The van der Waals surface area contributed by atoms with Gasteiger partial charge in [0.25, 0.3) is 0 Å². The van der Waals surface area contributed by atoms with E-state index in [1.807, 2.05) is 0 Å². The van der Waals surface area contributed by atoms with Crippen LogP contribution < -0.4 is 10.6 Å². The molecule has 0 radical (unpaired) electrons. The molecule has 0 saturated carbocycles. The van der Waals surface area contributed by atoms with Gasteiger partial charge >= 0.3 is 6.03 Å². The van der Waals surface area contributed by atoms with Gasteiger partial charge in [0.2, 0.25) is 5.13 Å². The van der Waals surface area contributed by atoms with Gasteiger partial charge in [-0.2, -0.15) is 0 Å². The molecule has 3 rings (SSSR count). The smallest absolute Gasteiger partial charge is 0.321 e. The number of nitrogens with zero attached hydrogens (tertiary/aromatic N) is 2. The number of hydrogen-bond donors (Lipinski definition) is 2. The van der Waals surface area contributed by atoms with E-state index in [2.05, 4.69) is 20.8 Å². The van der Waals surface area contributed by atoms with E-state index in [0.717, 1.165) is 12.8 Å². The average Bonchev–Trinajstić information content (AvgIpc) is 3.02. The van der Waals surface area contributed by atoms with Crippen LogP contribution in [0, 0.1) is 5.92 Å². The van der Waals surface area contributed by atoms with Crippen molar-refractivity contribution in [1.29, 1.82) is 0 Å². The number of ether oxygens (including phenoxy) is 1. The average molecular weight is 254 g/mol. The summed E-state index contributed by atoms with van der Waals surface area (Å²) >= 11 is 1.30. The minimum absolute atomic E-state index is 0.218. The zero-order valence-corrected chi connectivity index (χ0v) is 10.1. The maximum absolute atomic E-state index is 11.5. The zero-order valence-electron chi connectivity index (χ0n) is 9.26. The molecule has 2 fully saturated rings. The lowest BCUT2D eigenvalue weighted by Gasteiger charge is -2.18. The molecule has 3 atom stereocenters. The van der Waals surface area contributed by atoms with Crippen molar-refractivity contribution in [3.05, 3.63) is 5.51 Å². The molecule has 2 amide bonds. The zero-order chi connectivity index (χ0) is 11.7. The van der Waals surface area contributed by atoms with Crippen LogP contribution in [0.1, 0.15) is 19.3 Å². The second-order valence-electron chi connectivity index (χ2n) is 4.45. The van der Waals surface area contributed by atoms with E-state index in [4.69, 9.17) is 4.74 Å². The number of urea groups is 1.